The number of hydrogen-bond acceptors (Lipinski definition) is 2. The van der Waals surface area contributed by atoms with Crippen molar-refractivity contribution < 1.29 is 4.79 Å². The van der Waals surface area contributed by atoms with E-state index < -0.39 is 0 Å². The van der Waals surface area contributed by atoms with Crippen LogP contribution in [-0.4, -0.2) is 17.1 Å². The number of carbonyl (C=O) groups is 1. The van der Waals surface area contributed by atoms with E-state index in [0.29, 0.717) is 16.9 Å². The molecule has 0 spiro atoms. The van der Waals surface area contributed by atoms with Crippen LogP contribution in [0.15, 0.2) is 18.3 Å². The minimum absolute atomic E-state index is 0.163. The summed E-state index contributed by atoms with van der Waals surface area (Å²) in [5.41, 5.74) is 0.668. The number of halogens is 1. The third kappa shape index (κ3) is 4.18. The Balaban J connectivity index is 1.84. The fraction of sp³-hybridized carbons (Fsp3) is 0.538. The van der Waals surface area contributed by atoms with E-state index in [1.165, 1.54) is 25.7 Å². The van der Waals surface area contributed by atoms with Crippen LogP contribution in [0.2, 0.25) is 5.15 Å². The Morgan fingerprint density at radius 3 is 2.67 bits per heavy atom. The van der Waals surface area contributed by atoms with Gasteiger partial charge in [-0.1, -0.05) is 37.3 Å². The van der Waals surface area contributed by atoms with Gasteiger partial charge in [-0.2, -0.15) is 0 Å². The van der Waals surface area contributed by atoms with Crippen molar-refractivity contribution in [3.05, 3.63) is 23.5 Å². The number of carbonyl (C=O) groups excluding carboxylic acids is 1. The Hall–Kier alpha value is -1.29. The number of pyridine rings is 1. The van der Waals surface area contributed by atoms with Crippen LogP contribution in [0.25, 0.3) is 0 Å². The molecule has 0 unspecified atom stereocenters. The molecule has 2 rings (SSSR count). The molecule has 1 heterocycles. The summed E-state index contributed by atoms with van der Waals surface area (Å²) in [6, 6.07) is 3.49. The average Bonchev–Trinajstić information content (AvgIpc) is 2.57. The van der Waals surface area contributed by atoms with E-state index >= 15 is 0 Å². The van der Waals surface area contributed by atoms with E-state index in [1.807, 2.05) is 0 Å². The van der Waals surface area contributed by atoms with Crippen LogP contribution in [0.5, 0.6) is 0 Å². The van der Waals surface area contributed by atoms with Crippen LogP contribution in [0, 0.1) is 0 Å². The quantitative estimate of drug-likeness (QED) is 0.636. The number of anilines is 1. The van der Waals surface area contributed by atoms with Gasteiger partial charge < -0.3 is 10.6 Å². The SMILES string of the molecule is O=C(Nc1ccnc(Cl)c1)NC1CCCCCC1. The van der Waals surface area contributed by atoms with Crippen molar-refractivity contribution in [3.8, 4) is 0 Å². The van der Waals surface area contributed by atoms with Gasteiger partial charge in [0.05, 0.1) is 0 Å². The number of amides is 2. The first-order chi connectivity index (χ1) is 8.74. The molecule has 0 bridgehead atoms. The van der Waals surface area contributed by atoms with E-state index in [4.69, 9.17) is 11.6 Å². The molecule has 1 fully saturated rings. The van der Waals surface area contributed by atoms with Crippen LogP contribution in [-0.2, 0) is 0 Å². The molecule has 0 saturated heterocycles. The Bertz CT molecular complexity index is 403. The van der Waals surface area contributed by atoms with Gasteiger partial charge in [-0.15, -0.1) is 0 Å². The first kappa shape index (κ1) is 13.1. The summed E-state index contributed by atoms with van der Waals surface area (Å²) in [6.45, 7) is 0. The van der Waals surface area contributed by atoms with Gasteiger partial charge in [-0.05, 0) is 25.0 Å². The van der Waals surface area contributed by atoms with Crippen molar-refractivity contribution in [2.75, 3.05) is 5.32 Å². The maximum absolute atomic E-state index is 11.8. The van der Waals surface area contributed by atoms with E-state index in [-0.39, 0.29) is 6.03 Å². The second-order valence-electron chi connectivity index (χ2n) is 4.65. The van der Waals surface area contributed by atoms with Gasteiger partial charge in [-0.3, -0.25) is 0 Å². The smallest absolute Gasteiger partial charge is 0.319 e. The summed E-state index contributed by atoms with van der Waals surface area (Å²) in [7, 11) is 0. The Morgan fingerprint density at radius 1 is 1.28 bits per heavy atom. The largest absolute Gasteiger partial charge is 0.335 e. The number of aromatic nitrogens is 1. The first-order valence-electron chi connectivity index (χ1n) is 6.43. The molecule has 2 amide bonds. The molecule has 1 saturated carbocycles. The van der Waals surface area contributed by atoms with E-state index in [1.54, 1.807) is 18.3 Å². The van der Waals surface area contributed by atoms with Gasteiger partial charge in [-0.25, -0.2) is 9.78 Å². The van der Waals surface area contributed by atoms with Crippen molar-refractivity contribution in [3.63, 3.8) is 0 Å². The van der Waals surface area contributed by atoms with Crippen LogP contribution >= 0.6 is 11.6 Å². The molecule has 98 valence electrons. The van der Waals surface area contributed by atoms with Gasteiger partial charge in [0.1, 0.15) is 5.15 Å². The van der Waals surface area contributed by atoms with E-state index in [2.05, 4.69) is 15.6 Å². The topological polar surface area (TPSA) is 54.0 Å². The first-order valence-corrected chi connectivity index (χ1v) is 6.81. The predicted molar refractivity (Wildman–Crippen MR) is 72.9 cm³/mol. The van der Waals surface area contributed by atoms with Crippen LogP contribution < -0.4 is 10.6 Å². The number of nitrogens with one attached hydrogen (secondary N) is 2. The summed E-state index contributed by atoms with van der Waals surface area (Å²) in [5.74, 6) is 0. The van der Waals surface area contributed by atoms with Crippen molar-refractivity contribution in [2.45, 2.75) is 44.6 Å². The minimum atomic E-state index is -0.163. The molecular weight excluding hydrogens is 250 g/mol. The molecule has 0 radical (unpaired) electrons. The van der Waals surface area contributed by atoms with Crippen molar-refractivity contribution in [2.24, 2.45) is 0 Å². The second kappa shape index (κ2) is 6.59. The zero-order valence-corrected chi connectivity index (χ0v) is 11.0. The molecule has 0 aromatic carbocycles. The molecule has 1 aliphatic carbocycles. The third-order valence-corrected chi connectivity index (χ3v) is 3.38. The normalized spacial score (nSPS) is 16.9. The summed E-state index contributed by atoms with van der Waals surface area (Å²) >= 11 is 5.76. The molecule has 0 aliphatic heterocycles. The monoisotopic (exact) mass is 267 g/mol. The second-order valence-corrected chi connectivity index (χ2v) is 5.04. The molecule has 5 heteroatoms. The highest BCUT2D eigenvalue weighted by atomic mass is 35.5. The number of rotatable bonds is 2. The predicted octanol–water partition coefficient (Wildman–Crippen LogP) is 3.58. The summed E-state index contributed by atoms with van der Waals surface area (Å²) < 4.78 is 0. The Morgan fingerprint density at radius 2 is 2.00 bits per heavy atom. The summed E-state index contributed by atoms with van der Waals surface area (Å²) in [6.07, 6.45) is 8.68. The van der Waals surface area contributed by atoms with Crippen LogP contribution in [0.3, 0.4) is 0 Å². The third-order valence-electron chi connectivity index (χ3n) is 3.17. The Kier molecular flexibility index (Phi) is 4.81. The number of urea groups is 1. The molecule has 1 aromatic heterocycles. The van der Waals surface area contributed by atoms with Gasteiger partial charge >= 0.3 is 6.03 Å². The van der Waals surface area contributed by atoms with Crippen molar-refractivity contribution in [1.82, 2.24) is 10.3 Å². The highest BCUT2D eigenvalue weighted by Crippen LogP contribution is 2.17. The maximum atomic E-state index is 11.8. The zero-order valence-electron chi connectivity index (χ0n) is 10.3. The number of nitrogens with zero attached hydrogens (tertiary/aromatic N) is 1. The van der Waals surface area contributed by atoms with Gasteiger partial charge in [0.15, 0.2) is 0 Å². The molecular formula is C13H18ClN3O. The zero-order chi connectivity index (χ0) is 12.8. The highest BCUT2D eigenvalue weighted by molar-refractivity contribution is 6.29. The highest BCUT2D eigenvalue weighted by Gasteiger charge is 2.14. The van der Waals surface area contributed by atoms with Gasteiger partial charge in [0.2, 0.25) is 0 Å². The van der Waals surface area contributed by atoms with Crippen molar-refractivity contribution in [1.29, 1.82) is 0 Å². The molecule has 0 atom stereocenters. The number of hydrogen-bond donors (Lipinski definition) is 2. The average molecular weight is 268 g/mol. The van der Waals surface area contributed by atoms with Crippen LogP contribution in [0.4, 0.5) is 10.5 Å². The van der Waals surface area contributed by atoms with E-state index in [0.717, 1.165) is 12.8 Å². The molecule has 18 heavy (non-hydrogen) atoms. The lowest BCUT2D eigenvalue weighted by atomic mass is 10.1. The molecule has 2 N–H and O–H groups in total. The summed E-state index contributed by atoms with van der Waals surface area (Å²) in [5, 5.41) is 6.17. The van der Waals surface area contributed by atoms with Gasteiger partial charge in [0, 0.05) is 17.9 Å². The minimum Gasteiger partial charge on any atom is -0.335 e. The fourth-order valence-electron chi connectivity index (χ4n) is 2.26. The Labute approximate surface area is 112 Å². The van der Waals surface area contributed by atoms with Gasteiger partial charge in [0.25, 0.3) is 0 Å². The van der Waals surface area contributed by atoms with Crippen molar-refractivity contribution >= 4 is 23.3 Å². The summed E-state index contributed by atoms with van der Waals surface area (Å²) in [4.78, 5) is 15.7. The maximum Gasteiger partial charge on any atom is 0.319 e. The van der Waals surface area contributed by atoms with E-state index in [9.17, 15) is 4.79 Å². The lowest BCUT2D eigenvalue weighted by molar-refractivity contribution is 0.247. The molecule has 1 aliphatic rings. The fourth-order valence-corrected chi connectivity index (χ4v) is 2.43. The molecule has 1 aromatic rings. The standard InChI is InChI=1S/C13H18ClN3O/c14-12-9-11(7-8-15-12)17-13(18)16-10-5-3-1-2-4-6-10/h7-10H,1-6H2,(H2,15,16,17,18). The lowest BCUT2D eigenvalue weighted by Crippen LogP contribution is -2.37. The lowest BCUT2D eigenvalue weighted by Gasteiger charge is -2.16. The molecule has 4 nitrogen and oxygen atoms in total. The van der Waals surface area contributed by atoms with Crippen LogP contribution in [0.1, 0.15) is 38.5 Å².